The van der Waals surface area contributed by atoms with Gasteiger partial charge in [0.05, 0.1) is 0 Å². The Kier molecular flexibility index (Phi) is 3.03. The topological polar surface area (TPSA) is 12.0 Å². The van der Waals surface area contributed by atoms with Gasteiger partial charge in [-0.3, -0.25) is 0 Å². The molecule has 1 aliphatic heterocycles. The van der Waals surface area contributed by atoms with Crippen molar-refractivity contribution in [3.63, 3.8) is 0 Å². The number of hydrogen-bond acceptors (Lipinski definition) is 2. The van der Waals surface area contributed by atoms with Crippen molar-refractivity contribution in [1.82, 2.24) is 5.32 Å². The molecule has 4 heteroatoms. The fraction of sp³-hybridized carbons (Fsp3) is 0.400. The van der Waals surface area contributed by atoms with Gasteiger partial charge in [-0.15, -0.1) is 0 Å². The van der Waals surface area contributed by atoms with Crippen LogP contribution >= 0.6 is 11.8 Å². The van der Waals surface area contributed by atoms with Crippen LogP contribution in [0.3, 0.4) is 0 Å². The number of rotatable bonds is 3. The molecule has 2 rings (SSSR count). The number of hydrogen-bond donors (Lipinski definition) is 1. The molecule has 1 aromatic carbocycles. The predicted molar refractivity (Wildman–Crippen MR) is 54.3 cm³/mol. The molecule has 1 aromatic rings. The third-order valence-electron chi connectivity index (χ3n) is 2.27. The van der Waals surface area contributed by atoms with E-state index >= 15 is 0 Å². The smallest absolute Gasteiger partial charge is 0.130 e. The van der Waals surface area contributed by atoms with Gasteiger partial charge in [0.2, 0.25) is 0 Å². The van der Waals surface area contributed by atoms with E-state index in [2.05, 4.69) is 5.32 Å². The highest BCUT2D eigenvalue weighted by atomic mass is 32.2. The van der Waals surface area contributed by atoms with Crippen LogP contribution in [0, 0.1) is 11.6 Å². The van der Waals surface area contributed by atoms with Gasteiger partial charge in [-0.1, -0.05) is 6.07 Å². The van der Waals surface area contributed by atoms with Crippen molar-refractivity contribution in [3.8, 4) is 0 Å². The summed E-state index contributed by atoms with van der Waals surface area (Å²) in [4.78, 5) is 0. The summed E-state index contributed by atoms with van der Waals surface area (Å²) in [6.45, 7) is 0.281. The number of benzene rings is 1. The van der Waals surface area contributed by atoms with Gasteiger partial charge in [0, 0.05) is 29.7 Å². The SMILES string of the molecule is Fc1cccc(F)c1CNC1CSC1. The van der Waals surface area contributed by atoms with E-state index in [-0.39, 0.29) is 12.1 Å². The van der Waals surface area contributed by atoms with Crippen molar-refractivity contribution in [2.75, 3.05) is 11.5 Å². The van der Waals surface area contributed by atoms with Crippen LogP contribution in [0.2, 0.25) is 0 Å². The van der Waals surface area contributed by atoms with Crippen LogP contribution in [-0.2, 0) is 6.54 Å². The zero-order valence-corrected chi connectivity index (χ0v) is 8.41. The number of thioether (sulfide) groups is 1. The number of nitrogens with one attached hydrogen (secondary N) is 1. The second-order valence-electron chi connectivity index (χ2n) is 3.32. The van der Waals surface area contributed by atoms with Crippen LogP contribution in [-0.4, -0.2) is 17.5 Å². The Hall–Kier alpha value is -0.610. The molecule has 14 heavy (non-hydrogen) atoms. The Morgan fingerprint density at radius 3 is 2.43 bits per heavy atom. The lowest BCUT2D eigenvalue weighted by atomic mass is 10.2. The van der Waals surface area contributed by atoms with E-state index in [1.165, 1.54) is 18.2 Å². The van der Waals surface area contributed by atoms with Gasteiger partial charge in [-0.2, -0.15) is 11.8 Å². The standard InChI is InChI=1S/C10H11F2NS/c11-9-2-1-3-10(12)8(9)4-13-7-5-14-6-7/h1-3,7,13H,4-6H2. The Balaban J connectivity index is 2.00. The molecule has 1 nitrogen and oxygen atoms in total. The first-order chi connectivity index (χ1) is 6.77. The third-order valence-corrected chi connectivity index (χ3v) is 3.54. The minimum Gasteiger partial charge on any atom is -0.308 e. The van der Waals surface area contributed by atoms with Crippen molar-refractivity contribution in [1.29, 1.82) is 0 Å². The molecule has 0 unspecified atom stereocenters. The van der Waals surface area contributed by atoms with Gasteiger partial charge in [-0.25, -0.2) is 8.78 Å². The summed E-state index contributed by atoms with van der Waals surface area (Å²) in [5, 5.41) is 3.12. The summed E-state index contributed by atoms with van der Waals surface area (Å²) in [5.74, 6) is 1.14. The van der Waals surface area contributed by atoms with E-state index in [1.54, 1.807) is 0 Å². The quantitative estimate of drug-likeness (QED) is 0.829. The largest absolute Gasteiger partial charge is 0.308 e. The predicted octanol–water partition coefficient (Wildman–Crippen LogP) is 2.17. The lowest BCUT2D eigenvalue weighted by Gasteiger charge is -2.26. The summed E-state index contributed by atoms with van der Waals surface area (Å²) in [6, 6.07) is 4.37. The molecule has 1 N–H and O–H groups in total. The van der Waals surface area contributed by atoms with E-state index in [0.29, 0.717) is 6.04 Å². The molecule has 0 radical (unpaired) electrons. The van der Waals surface area contributed by atoms with E-state index in [1.807, 2.05) is 11.8 Å². The zero-order chi connectivity index (χ0) is 9.97. The maximum Gasteiger partial charge on any atom is 0.130 e. The molecule has 76 valence electrons. The molecule has 1 fully saturated rings. The fourth-order valence-corrected chi connectivity index (χ4v) is 2.01. The van der Waals surface area contributed by atoms with Gasteiger partial charge >= 0.3 is 0 Å². The van der Waals surface area contributed by atoms with E-state index in [4.69, 9.17) is 0 Å². The summed E-state index contributed by atoms with van der Waals surface area (Å²) in [7, 11) is 0. The Morgan fingerprint density at radius 1 is 1.29 bits per heavy atom. The number of halogens is 2. The average molecular weight is 215 g/mol. The van der Waals surface area contributed by atoms with E-state index in [0.717, 1.165) is 11.5 Å². The van der Waals surface area contributed by atoms with E-state index in [9.17, 15) is 8.78 Å². The first-order valence-corrected chi connectivity index (χ1v) is 5.67. The molecule has 0 amide bonds. The molecule has 0 aliphatic carbocycles. The van der Waals surface area contributed by atoms with Crippen LogP contribution in [0.15, 0.2) is 18.2 Å². The minimum atomic E-state index is -0.468. The average Bonchev–Trinajstić information content (AvgIpc) is 2.07. The summed E-state index contributed by atoms with van der Waals surface area (Å²) >= 11 is 1.84. The molecule has 1 heterocycles. The van der Waals surface area contributed by atoms with Crippen LogP contribution < -0.4 is 5.32 Å². The molecular weight excluding hydrogens is 204 g/mol. The van der Waals surface area contributed by atoms with Gasteiger partial charge in [0.15, 0.2) is 0 Å². The molecule has 0 aromatic heterocycles. The highest BCUT2D eigenvalue weighted by Crippen LogP contribution is 2.18. The van der Waals surface area contributed by atoms with Gasteiger partial charge in [0.25, 0.3) is 0 Å². The van der Waals surface area contributed by atoms with Crippen LogP contribution in [0.5, 0.6) is 0 Å². The maximum atomic E-state index is 13.1. The monoisotopic (exact) mass is 215 g/mol. The van der Waals surface area contributed by atoms with Crippen LogP contribution in [0.25, 0.3) is 0 Å². The van der Waals surface area contributed by atoms with Gasteiger partial charge in [-0.05, 0) is 12.1 Å². The summed E-state index contributed by atoms with van der Waals surface area (Å²) in [5.41, 5.74) is 0.143. The Morgan fingerprint density at radius 2 is 1.93 bits per heavy atom. The van der Waals surface area contributed by atoms with Crippen molar-refractivity contribution in [3.05, 3.63) is 35.4 Å². The molecule has 0 saturated carbocycles. The minimum absolute atomic E-state index is 0.143. The van der Waals surface area contributed by atoms with Gasteiger partial charge < -0.3 is 5.32 Å². The van der Waals surface area contributed by atoms with Crippen molar-refractivity contribution in [2.24, 2.45) is 0 Å². The molecule has 0 bridgehead atoms. The Labute approximate surface area is 85.9 Å². The second kappa shape index (κ2) is 4.28. The van der Waals surface area contributed by atoms with Crippen LogP contribution in [0.4, 0.5) is 8.78 Å². The highest BCUT2D eigenvalue weighted by molar-refractivity contribution is 8.00. The van der Waals surface area contributed by atoms with E-state index < -0.39 is 11.6 Å². The summed E-state index contributed by atoms with van der Waals surface area (Å²) < 4.78 is 26.3. The first kappa shape index (κ1) is 9.93. The Bertz CT molecular complexity index is 306. The highest BCUT2D eigenvalue weighted by Gasteiger charge is 2.18. The molecule has 0 spiro atoms. The van der Waals surface area contributed by atoms with Crippen molar-refractivity contribution < 1.29 is 8.78 Å². The molecule has 1 saturated heterocycles. The second-order valence-corrected chi connectivity index (χ2v) is 4.39. The lowest BCUT2D eigenvalue weighted by molar-refractivity contribution is 0.513. The first-order valence-electron chi connectivity index (χ1n) is 4.51. The molecule has 0 atom stereocenters. The molecular formula is C10H11F2NS. The lowest BCUT2D eigenvalue weighted by Crippen LogP contribution is -2.40. The van der Waals surface area contributed by atoms with Gasteiger partial charge in [0.1, 0.15) is 11.6 Å². The maximum absolute atomic E-state index is 13.1. The van der Waals surface area contributed by atoms with Crippen molar-refractivity contribution in [2.45, 2.75) is 12.6 Å². The van der Waals surface area contributed by atoms with Crippen LogP contribution in [0.1, 0.15) is 5.56 Å². The molecule has 1 aliphatic rings. The fourth-order valence-electron chi connectivity index (χ4n) is 1.30. The van der Waals surface area contributed by atoms with Crippen molar-refractivity contribution >= 4 is 11.8 Å². The normalized spacial score (nSPS) is 16.7. The summed E-state index contributed by atoms with van der Waals surface area (Å²) in [6.07, 6.45) is 0. The third kappa shape index (κ3) is 2.07. The zero-order valence-electron chi connectivity index (χ0n) is 7.59.